The summed E-state index contributed by atoms with van der Waals surface area (Å²) in [5.41, 5.74) is -0.766. The molecular formula is C15H20ClF3N2O2S. The van der Waals surface area contributed by atoms with Gasteiger partial charge < -0.3 is 15.4 Å². The summed E-state index contributed by atoms with van der Waals surface area (Å²) in [6.45, 7) is 2.86. The lowest BCUT2D eigenvalue weighted by Gasteiger charge is -2.23. The molecule has 1 atom stereocenters. The van der Waals surface area contributed by atoms with E-state index in [2.05, 4.69) is 10.6 Å². The number of hydrogen-bond donors (Lipinski definition) is 2. The number of benzene rings is 1. The average Bonchev–Trinajstić information content (AvgIpc) is 2.49. The number of amides is 1. The summed E-state index contributed by atoms with van der Waals surface area (Å²) in [6.07, 6.45) is -4.25. The minimum atomic E-state index is -4.47. The second-order valence-corrected chi connectivity index (χ2v) is 6.27. The Bertz CT molecular complexity index is 552. The zero-order chi connectivity index (χ0) is 16.9. The predicted octanol–water partition coefficient (Wildman–Crippen LogP) is 3.56. The fourth-order valence-corrected chi connectivity index (χ4v) is 3.21. The number of hydrogen-bond acceptors (Lipinski definition) is 4. The molecule has 24 heavy (non-hydrogen) atoms. The number of carbonyl (C=O) groups excluding carboxylic acids is 1. The van der Waals surface area contributed by atoms with Gasteiger partial charge in [0.2, 0.25) is 5.91 Å². The van der Waals surface area contributed by atoms with Crippen molar-refractivity contribution >= 4 is 35.8 Å². The lowest BCUT2D eigenvalue weighted by Crippen LogP contribution is -2.39. The summed E-state index contributed by atoms with van der Waals surface area (Å²) in [5.74, 6) is 1.72. The van der Waals surface area contributed by atoms with Gasteiger partial charge in [-0.3, -0.25) is 4.79 Å². The third-order valence-electron chi connectivity index (χ3n) is 3.31. The molecule has 0 aliphatic carbocycles. The molecule has 4 nitrogen and oxygen atoms in total. The van der Waals surface area contributed by atoms with Crippen molar-refractivity contribution in [1.29, 1.82) is 0 Å². The van der Waals surface area contributed by atoms with E-state index < -0.39 is 11.7 Å². The fourth-order valence-electron chi connectivity index (χ4n) is 2.26. The van der Waals surface area contributed by atoms with Gasteiger partial charge in [0.25, 0.3) is 0 Å². The fraction of sp³-hybridized carbons (Fsp3) is 0.533. The van der Waals surface area contributed by atoms with Crippen LogP contribution < -0.4 is 15.4 Å². The zero-order valence-electron chi connectivity index (χ0n) is 13.1. The van der Waals surface area contributed by atoms with Crippen LogP contribution in [0.4, 0.5) is 18.9 Å². The Balaban J connectivity index is 0.00000288. The molecular weight excluding hydrogens is 365 g/mol. The molecule has 1 aliphatic rings. The Hall–Kier alpha value is -1.12. The zero-order valence-corrected chi connectivity index (χ0v) is 14.7. The van der Waals surface area contributed by atoms with E-state index in [-0.39, 0.29) is 42.2 Å². The number of nitrogens with one attached hydrogen (secondary N) is 2. The molecule has 9 heteroatoms. The molecule has 1 unspecified atom stereocenters. The molecule has 1 amide bonds. The Morgan fingerprint density at radius 3 is 2.79 bits per heavy atom. The summed E-state index contributed by atoms with van der Waals surface area (Å²) >= 11 is 1.75. The number of halogens is 4. The number of thioether (sulfide) groups is 1. The molecule has 0 spiro atoms. The lowest BCUT2D eigenvalue weighted by atomic mass is 10.1. The highest BCUT2D eigenvalue weighted by Gasteiger charge is 2.31. The maximum absolute atomic E-state index is 12.8. The first-order chi connectivity index (χ1) is 10.9. The third kappa shape index (κ3) is 6.07. The number of carbonyl (C=O) groups is 1. The Morgan fingerprint density at radius 1 is 1.46 bits per heavy atom. The first kappa shape index (κ1) is 20.9. The van der Waals surface area contributed by atoms with E-state index in [4.69, 9.17) is 4.74 Å². The SMILES string of the molecule is CCOc1ccc(C(F)(F)F)cc1NC(=O)CC1CSCCN1.Cl. The van der Waals surface area contributed by atoms with Crippen molar-refractivity contribution in [3.8, 4) is 5.75 Å². The molecule has 0 radical (unpaired) electrons. The van der Waals surface area contributed by atoms with E-state index in [9.17, 15) is 18.0 Å². The number of alkyl halides is 3. The van der Waals surface area contributed by atoms with Crippen LogP contribution in [-0.4, -0.2) is 36.6 Å². The van der Waals surface area contributed by atoms with E-state index in [0.29, 0.717) is 6.61 Å². The molecule has 136 valence electrons. The highest BCUT2D eigenvalue weighted by Crippen LogP contribution is 2.35. The van der Waals surface area contributed by atoms with Crippen molar-refractivity contribution in [3.05, 3.63) is 23.8 Å². The van der Waals surface area contributed by atoms with Gasteiger partial charge >= 0.3 is 6.18 Å². The van der Waals surface area contributed by atoms with Crippen LogP contribution in [0, 0.1) is 0 Å². The minimum absolute atomic E-state index is 0. The quantitative estimate of drug-likeness (QED) is 0.815. The van der Waals surface area contributed by atoms with Gasteiger partial charge in [0.05, 0.1) is 17.9 Å². The summed E-state index contributed by atoms with van der Waals surface area (Å²) in [5, 5.41) is 5.76. The first-order valence-corrected chi connectivity index (χ1v) is 8.50. The molecule has 1 fully saturated rings. The largest absolute Gasteiger partial charge is 0.492 e. The molecule has 0 aromatic heterocycles. The van der Waals surface area contributed by atoms with Gasteiger partial charge in [-0.05, 0) is 25.1 Å². The number of ether oxygens (including phenoxy) is 1. The van der Waals surface area contributed by atoms with Gasteiger partial charge in [-0.2, -0.15) is 24.9 Å². The van der Waals surface area contributed by atoms with E-state index >= 15 is 0 Å². The number of rotatable bonds is 5. The maximum Gasteiger partial charge on any atom is 0.416 e. The van der Waals surface area contributed by atoms with Gasteiger partial charge in [0, 0.05) is 30.5 Å². The Morgan fingerprint density at radius 2 is 2.21 bits per heavy atom. The number of anilines is 1. The topological polar surface area (TPSA) is 50.4 Å². The summed E-state index contributed by atoms with van der Waals surface area (Å²) < 4.78 is 43.8. The second-order valence-electron chi connectivity index (χ2n) is 5.12. The van der Waals surface area contributed by atoms with Crippen LogP contribution in [-0.2, 0) is 11.0 Å². The molecule has 0 bridgehead atoms. The van der Waals surface area contributed by atoms with Gasteiger partial charge in [-0.1, -0.05) is 0 Å². The summed E-state index contributed by atoms with van der Waals surface area (Å²) in [6, 6.07) is 3.12. The standard InChI is InChI=1S/C15H19F3N2O2S.ClH/c1-2-22-13-4-3-10(15(16,17)18)7-12(13)20-14(21)8-11-9-23-6-5-19-11;/h3-4,7,11,19H,2,5-6,8-9H2,1H3,(H,20,21);1H. The lowest BCUT2D eigenvalue weighted by molar-refractivity contribution is -0.137. The van der Waals surface area contributed by atoms with Crippen LogP contribution in [0.25, 0.3) is 0 Å². The third-order valence-corrected chi connectivity index (χ3v) is 4.44. The van der Waals surface area contributed by atoms with E-state index in [1.165, 1.54) is 6.07 Å². The Labute approximate surface area is 149 Å². The smallest absolute Gasteiger partial charge is 0.416 e. The molecule has 0 saturated carbocycles. The minimum Gasteiger partial charge on any atom is -0.492 e. The van der Waals surface area contributed by atoms with Gasteiger partial charge in [-0.25, -0.2) is 0 Å². The average molecular weight is 385 g/mol. The van der Waals surface area contributed by atoms with Gasteiger partial charge in [-0.15, -0.1) is 12.4 Å². The maximum atomic E-state index is 12.8. The van der Waals surface area contributed by atoms with Crippen molar-refractivity contribution in [1.82, 2.24) is 5.32 Å². The molecule has 2 rings (SSSR count). The molecule has 1 saturated heterocycles. The highest BCUT2D eigenvalue weighted by molar-refractivity contribution is 7.99. The van der Waals surface area contributed by atoms with Crippen LogP contribution in [0.15, 0.2) is 18.2 Å². The molecule has 1 aromatic rings. The van der Waals surface area contributed by atoms with E-state index in [0.717, 1.165) is 30.2 Å². The van der Waals surface area contributed by atoms with Crippen LogP contribution in [0.1, 0.15) is 18.9 Å². The molecule has 1 aliphatic heterocycles. The van der Waals surface area contributed by atoms with Crippen molar-refractivity contribution in [3.63, 3.8) is 0 Å². The summed E-state index contributed by atoms with van der Waals surface area (Å²) in [7, 11) is 0. The van der Waals surface area contributed by atoms with Gasteiger partial charge in [0.1, 0.15) is 5.75 Å². The van der Waals surface area contributed by atoms with Crippen LogP contribution in [0.3, 0.4) is 0 Å². The molecule has 1 heterocycles. The van der Waals surface area contributed by atoms with E-state index in [1.54, 1.807) is 18.7 Å². The highest BCUT2D eigenvalue weighted by atomic mass is 35.5. The van der Waals surface area contributed by atoms with Crippen molar-refractivity contribution in [2.45, 2.75) is 25.6 Å². The predicted molar refractivity (Wildman–Crippen MR) is 92.2 cm³/mol. The molecule has 2 N–H and O–H groups in total. The Kier molecular flexibility index (Phi) is 8.18. The van der Waals surface area contributed by atoms with E-state index in [1.807, 2.05) is 0 Å². The van der Waals surface area contributed by atoms with Crippen LogP contribution in [0.2, 0.25) is 0 Å². The second kappa shape index (κ2) is 9.39. The first-order valence-electron chi connectivity index (χ1n) is 7.35. The van der Waals surface area contributed by atoms with Crippen LogP contribution in [0.5, 0.6) is 5.75 Å². The van der Waals surface area contributed by atoms with Crippen molar-refractivity contribution < 1.29 is 22.7 Å². The summed E-state index contributed by atoms with van der Waals surface area (Å²) in [4.78, 5) is 12.1. The van der Waals surface area contributed by atoms with Crippen molar-refractivity contribution in [2.24, 2.45) is 0 Å². The van der Waals surface area contributed by atoms with Gasteiger partial charge in [0.15, 0.2) is 0 Å². The monoisotopic (exact) mass is 384 g/mol. The van der Waals surface area contributed by atoms with Crippen LogP contribution >= 0.6 is 24.2 Å². The van der Waals surface area contributed by atoms with Crippen molar-refractivity contribution in [2.75, 3.05) is 30.0 Å². The molecule has 1 aromatic carbocycles. The normalized spacial score (nSPS) is 17.8.